The first kappa shape index (κ1) is 14.3. The third-order valence-electron chi connectivity index (χ3n) is 2.40. The van der Waals surface area contributed by atoms with Crippen molar-refractivity contribution in [1.29, 1.82) is 0 Å². The first-order valence-corrected chi connectivity index (χ1v) is 6.07. The van der Waals surface area contributed by atoms with E-state index in [0.717, 1.165) is 17.8 Å². The molecule has 18 heavy (non-hydrogen) atoms. The highest BCUT2D eigenvalue weighted by Crippen LogP contribution is 2.23. The van der Waals surface area contributed by atoms with E-state index in [1.807, 2.05) is 13.0 Å². The van der Waals surface area contributed by atoms with E-state index in [4.69, 9.17) is 9.47 Å². The number of ether oxygens (including phenoxy) is 2. The summed E-state index contributed by atoms with van der Waals surface area (Å²) in [7, 11) is 1.61. The minimum Gasteiger partial charge on any atom is -0.493 e. The van der Waals surface area contributed by atoms with Gasteiger partial charge in [-0.3, -0.25) is 9.78 Å². The van der Waals surface area contributed by atoms with Gasteiger partial charge >= 0.3 is 5.97 Å². The van der Waals surface area contributed by atoms with Gasteiger partial charge in [-0.1, -0.05) is 0 Å². The Labute approximate surface area is 108 Å². The molecule has 5 heteroatoms. The Hall–Kier alpha value is -1.78. The van der Waals surface area contributed by atoms with E-state index in [1.54, 1.807) is 20.2 Å². The summed E-state index contributed by atoms with van der Waals surface area (Å²) in [6.07, 6.45) is 2.83. The van der Waals surface area contributed by atoms with E-state index in [-0.39, 0.29) is 5.97 Å². The van der Waals surface area contributed by atoms with E-state index in [1.165, 1.54) is 0 Å². The van der Waals surface area contributed by atoms with Crippen LogP contribution in [0.4, 0.5) is 5.69 Å². The summed E-state index contributed by atoms with van der Waals surface area (Å²) in [4.78, 5) is 15.3. The number of aromatic nitrogens is 1. The second kappa shape index (κ2) is 7.53. The number of anilines is 1. The van der Waals surface area contributed by atoms with Crippen LogP contribution in [0.3, 0.4) is 0 Å². The van der Waals surface area contributed by atoms with Crippen molar-refractivity contribution >= 4 is 11.7 Å². The fourth-order valence-electron chi connectivity index (χ4n) is 1.54. The molecule has 0 saturated carbocycles. The molecule has 0 unspecified atom stereocenters. The maximum Gasteiger partial charge on any atom is 0.305 e. The second-order valence-corrected chi connectivity index (χ2v) is 3.86. The molecule has 0 spiro atoms. The van der Waals surface area contributed by atoms with Gasteiger partial charge in [-0.15, -0.1) is 0 Å². The standard InChI is InChI=1S/C13H20N2O3/c1-4-18-13(16)6-5-7-14-11-8-10(2)15-9-12(11)17-3/h8-9H,4-7H2,1-3H3,(H,14,15). The lowest BCUT2D eigenvalue weighted by molar-refractivity contribution is -0.143. The Morgan fingerprint density at radius 2 is 2.28 bits per heavy atom. The van der Waals surface area contributed by atoms with Crippen molar-refractivity contribution in [2.24, 2.45) is 0 Å². The number of nitrogens with zero attached hydrogens (tertiary/aromatic N) is 1. The monoisotopic (exact) mass is 252 g/mol. The van der Waals surface area contributed by atoms with E-state index < -0.39 is 0 Å². The van der Waals surface area contributed by atoms with Crippen LogP contribution < -0.4 is 10.1 Å². The van der Waals surface area contributed by atoms with Gasteiger partial charge in [-0.05, 0) is 26.3 Å². The molecule has 0 radical (unpaired) electrons. The largest absolute Gasteiger partial charge is 0.493 e. The molecule has 0 aliphatic rings. The molecule has 0 saturated heterocycles. The average Bonchev–Trinajstić information content (AvgIpc) is 2.35. The highest BCUT2D eigenvalue weighted by molar-refractivity contribution is 5.69. The predicted octanol–water partition coefficient (Wildman–Crippen LogP) is 2.15. The minimum absolute atomic E-state index is 0.155. The Bertz CT molecular complexity index is 394. The molecule has 0 fully saturated rings. The number of pyridine rings is 1. The molecule has 0 amide bonds. The van der Waals surface area contributed by atoms with E-state index in [9.17, 15) is 4.79 Å². The number of aryl methyl sites for hydroxylation is 1. The van der Waals surface area contributed by atoms with Crippen LogP contribution in [0.15, 0.2) is 12.3 Å². The van der Waals surface area contributed by atoms with Crippen LogP contribution in [0, 0.1) is 6.92 Å². The summed E-state index contributed by atoms with van der Waals surface area (Å²) < 4.78 is 10.1. The van der Waals surface area contributed by atoms with Gasteiger partial charge in [-0.2, -0.15) is 0 Å². The zero-order chi connectivity index (χ0) is 13.4. The number of nitrogens with one attached hydrogen (secondary N) is 1. The third kappa shape index (κ3) is 4.61. The highest BCUT2D eigenvalue weighted by atomic mass is 16.5. The van der Waals surface area contributed by atoms with Crippen molar-refractivity contribution in [3.05, 3.63) is 18.0 Å². The topological polar surface area (TPSA) is 60.5 Å². The number of carbonyl (C=O) groups is 1. The molecule has 100 valence electrons. The van der Waals surface area contributed by atoms with Crippen LogP contribution in [0.25, 0.3) is 0 Å². The number of esters is 1. The van der Waals surface area contributed by atoms with Crippen LogP contribution >= 0.6 is 0 Å². The molecule has 1 N–H and O–H groups in total. The fraction of sp³-hybridized carbons (Fsp3) is 0.538. The summed E-state index contributed by atoms with van der Waals surface area (Å²) in [6, 6.07) is 1.92. The van der Waals surface area contributed by atoms with Crippen LogP contribution in [-0.4, -0.2) is 31.2 Å². The van der Waals surface area contributed by atoms with Gasteiger partial charge in [0.1, 0.15) is 0 Å². The summed E-state index contributed by atoms with van der Waals surface area (Å²) in [5.74, 6) is 0.550. The van der Waals surface area contributed by atoms with Gasteiger partial charge < -0.3 is 14.8 Å². The first-order valence-electron chi connectivity index (χ1n) is 6.07. The molecule has 1 aromatic rings. The Kier molecular flexibility index (Phi) is 5.97. The molecule has 0 bridgehead atoms. The summed E-state index contributed by atoms with van der Waals surface area (Å²) in [6.45, 7) is 4.85. The molecule has 0 aliphatic carbocycles. The summed E-state index contributed by atoms with van der Waals surface area (Å²) in [5, 5.41) is 3.23. The van der Waals surface area contributed by atoms with Crippen molar-refractivity contribution in [3.8, 4) is 5.75 Å². The van der Waals surface area contributed by atoms with Crippen molar-refractivity contribution in [2.75, 3.05) is 25.6 Å². The zero-order valence-electron chi connectivity index (χ0n) is 11.2. The van der Waals surface area contributed by atoms with Gasteiger partial charge in [0.05, 0.1) is 25.6 Å². The maximum absolute atomic E-state index is 11.1. The molecule has 1 rings (SSSR count). The van der Waals surface area contributed by atoms with Crippen molar-refractivity contribution < 1.29 is 14.3 Å². The Balaban J connectivity index is 2.39. The molecular weight excluding hydrogens is 232 g/mol. The van der Waals surface area contributed by atoms with Crippen LogP contribution in [0.1, 0.15) is 25.5 Å². The normalized spacial score (nSPS) is 9.94. The van der Waals surface area contributed by atoms with Crippen LogP contribution in [-0.2, 0) is 9.53 Å². The average molecular weight is 252 g/mol. The van der Waals surface area contributed by atoms with E-state index in [2.05, 4.69) is 10.3 Å². The smallest absolute Gasteiger partial charge is 0.305 e. The molecule has 5 nitrogen and oxygen atoms in total. The van der Waals surface area contributed by atoms with Crippen LogP contribution in [0.2, 0.25) is 0 Å². The Morgan fingerprint density at radius 3 is 2.94 bits per heavy atom. The molecule has 1 heterocycles. The van der Waals surface area contributed by atoms with Gasteiger partial charge in [0.15, 0.2) is 5.75 Å². The van der Waals surface area contributed by atoms with E-state index >= 15 is 0 Å². The first-order chi connectivity index (χ1) is 8.67. The number of hydrogen-bond donors (Lipinski definition) is 1. The number of hydrogen-bond acceptors (Lipinski definition) is 5. The SMILES string of the molecule is CCOC(=O)CCCNc1cc(C)ncc1OC. The third-order valence-corrected chi connectivity index (χ3v) is 2.40. The van der Waals surface area contributed by atoms with Gasteiger partial charge in [0.2, 0.25) is 0 Å². The van der Waals surface area contributed by atoms with Crippen molar-refractivity contribution in [3.63, 3.8) is 0 Å². The summed E-state index contributed by atoms with van der Waals surface area (Å²) >= 11 is 0. The second-order valence-electron chi connectivity index (χ2n) is 3.86. The molecule has 0 aromatic carbocycles. The quantitative estimate of drug-likeness (QED) is 0.595. The van der Waals surface area contributed by atoms with Crippen LogP contribution in [0.5, 0.6) is 5.75 Å². The van der Waals surface area contributed by atoms with E-state index in [0.29, 0.717) is 25.3 Å². The zero-order valence-corrected chi connectivity index (χ0v) is 11.2. The number of carbonyl (C=O) groups excluding carboxylic acids is 1. The van der Waals surface area contributed by atoms with Gasteiger partial charge in [0, 0.05) is 18.7 Å². The Morgan fingerprint density at radius 1 is 1.50 bits per heavy atom. The lowest BCUT2D eigenvalue weighted by Crippen LogP contribution is -2.09. The van der Waals surface area contributed by atoms with Gasteiger partial charge in [-0.25, -0.2) is 0 Å². The highest BCUT2D eigenvalue weighted by Gasteiger charge is 2.04. The molecule has 0 aliphatic heterocycles. The lowest BCUT2D eigenvalue weighted by atomic mass is 10.2. The maximum atomic E-state index is 11.1. The number of rotatable bonds is 7. The molecule has 0 atom stereocenters. The number of methoxy groups -OCH3 is 1. The summed E-state index contributed by atoms with van der Waals surface area (Å²) in [5.41, 5.74) is 1.82. The van der Waals surface area contributed by atoms with Gasteiger partial charge in [0.25, 0.3) is 0 Å². The van der Waals surface area contributed by atoms with Crippen molar-refractivity contribution in [1.82, 2.24) is 4.98 Å². The molecular formula is C13H20N2O3. The van der Waals surface area contributed by atoms with Crippen molar-refractivity contribution in [2.45, 2.75) is 26.7 Å². The lowest BCUT2D eigenvalue weighted by Gasteiger charge is -2.11. The fourth-order valence-corrected chi connectivity index (χ4v) is 1.54. The molecule has 1 aromatic heterocycles. The minimum atomic E-state index is -0.155. The predicted molar refractivity (Wildman–Crippen MR) is 69.9 cm³/mol.